The molecule has 0 fully saturated rings. The van der Waals surface area contributed by atoms with Gasteiger partial charge in [0, 0.05) is 6.42 Å². The van der Waals surface area contributed by atoms with Gasteiger partial charge in [-0.25, -0.2) is 0 Å². The van der Waals surface area contributed by atoms with Crippen molar-refractivity contribution in [2.45, 2.75) is 96.8 Å². The van der Waals surface area contributed by atoms with Gasteiger partial charge in [-0.3, -0.25) is 14.9 Å². The molecule has 2 amide bonds. The number of carbonyl (C=O) groups excluding carboxylic acids is 2. The van der Waals surface area contributed by atoms with Crippen LogP contribution in [0.15, 0.2) is 12.2 Å². The van der Waals surface area contributed by atoms with Gasteiger partial charge < -0.3 is 5.11 Å². The lowest BCUT2D eigenvalue weighted by Crippen LogP contribution is -2.32. The zero-order valence-corrected chi connectivity index (χ0v) is 15.5. The summed E-state index contributed by atoms with van der Waals surface area (Å²) in [5.41, 5.74) is 0. The highest BCUT2D eigenvalue weighted by molar-refractivity contribution is 5.95. The van der Waals surface area contributed by atoms with Crippen molar-refractivity contribution in [3.8, 4) is 0 Å². The average molecular weight is 340 g/mol. The van der Waals surface area contributed by atoms with E-state index in [0.717, 1.165) is 25.7 Å². The number of aliphatic hydroxyl groups excluding tert-OH is 1. The molecule has 0 aromatic heterocycles. The zero-order valence-electron chi connectivity index (χ0n) is 15.5. The molecule has 0 aromatic carbocycles. The van der Waals surface area contributed by atoms with E-state index in [2.05, 4.69) is 24.4 Å². The number of nitrogens with one attached hydrogen (secondary N) is 1. The molecule has 24 heavy (non-hydrogen) atoms. The van der Waals surface area contributed by atoms with Crippen LogP contribution in [0.25, 0.3) is 0 Å². The Morgan fingerprint density at radius 3 is 1.79 bits per heavy atom. The minimum absolute atomic E-state index is 0.285. The van der Waals surface area contributed by atoms with E-state index in [-0.39, 0.29) is 5.91 Å². The first kappa shape index (κ1) is 22.8. The molecule has 0 aliphatic carbocycles. The number of amides is 2. The van der Waals surface area contributed by atoms with Gasteiger partial charge >= 0.3 is 0 Å². The second-order valence-corrected chi connectivity index (χ2v) is 6.46. The Morgan fingerprint density at radius 1 is 0.750 bits per heavy atom. The molecule has 0 aliphatic rings. The van der Waals surface area contributed by atoms with Crippen LogP contribution in [0.5, 0.6) is 0 Å². The normalized spacial score (nSPS) is 11.1. The van der Waals surface area contributed by atoms with Gasteiger partial charge in [-0.2, -0.15) is 0 Å². The van der Waals surface area contributed by atoms with Crippen LogP contribution in [0.4, 0.5) is 0 Å². The van der Waals surface area contributed by atoms with E-state index in [0.29, 0.717) is 6.42 Å². The zero-order chi connectivity index (χ0) is 17.9. The van der Waals surface area contributed by atoms with Crippen molar-refractivity contribution in [1.29, 1.82) is 0 Å². The monoisotopic (exact) mass is 339 g/mol. The van der Waals surface area contributed by atoms with E-state index >= 15 is 0 Å². The van der Waals surface area contributed by atoms with Crippen molar-refractivity contribution < 1.29 is 14.7 Å². The molecule has 0 bridgehead atoms. The van der Waals surface area contributed by atoms with Crippen LogP contribution in [0.2, 0.25) is 0 Å². The highest BCUT2D eigenvalue weighted by Crippen LogP contribution is 2.09. The lowest BCUT2D eigenvalue weighted by molar-refractivity contribution is -0.132. The fraction of sp³-hybridized carbons (Fsp3) is 0.800. The Bertz CT molecular complexity index is 340. The molecule has 2 N–H and O–H groups in total. The maximum absolute atomic E-state index is 11.3. The summed E-state index contributed by atoms with van der Waals surface area (Å²) in [7, 11) is 0. The van der Waals surface area contributed by atoms with E-state index in [1.807, 2.05) is 0 Å². The van der Waals surface area contributed by atoms with E-state index in [4.69, 9.17) is 5.11 Å². The third kappa shape index (κ3) is 17.2. The van der Waals surface area contributed by atoms with Crippen LogP contribution in [0.3, 0.4) is 0 Å². The van der Waals surface area contributed by atoms with Crippen LogP contribution >= 0.6 is 0 Å². The highest BCUT2D eigenvalue weighted by Gasteiger charge is 2.05. The standard InChI is InChI=1S/C20H37NO3/c1-2-3-4-5-6-7-8-9-10-11-12-13-14-15-16-17-19(23)21-20(24)18-22/h9-10,22H,2-8,11-18H2,1H3,(H,21,23,24)/b10-9+. The molecule has 4 nitrogen and oxygen atoms in total. The van der Waals surface area contributed by atoms with Crippen LogP contribution in [0.1, 0.15) is 96.8 Å². The number of carbonyl (C=O) groups is 2. The average Bonchev–Trinajstić information content (AvgIpc) is 2.58. The molecule has 0 aromatic rings. The summed E-state index contributed by atoms with van der Waals surface area (Å²) in [6.07, 6.45) is 20.9. The maximum Gasteiger partial charge on any atom is 0.252 e. The Morgan fingerprint density at radius 2 is 1.25 bits per heavy atom. The fourth-order valence-corrected chi connectivity index (χ4v) is 2.61. The van der Waals surface area contributed by atoms with Crippen molar-refractivity contribution >= 4 is 11.8 Å². The topological polar surface area (TPSA) is 66.4 Å². The summed E-state index contributed by atoms with van der Waals surface area (Å²) in [4.78, 5) is 22.1. The number of rotatable bonds is 16. The first-order valence-corrected chi connectivity index (χ1v) is 9.79. The molecule has 0 unspecified atom stereocenters. The molecule has 0 saturated heterocycles. The quantitative estimate of drug-likeness (QED) is 0.317. The predicted molar refractivity (Wildman–Crippen MR) is 99.7 cm³/mol. The van der Waals surface area contributed by atoms with Crippen molar-refractivity contribution in [2.75, 3.05) is 6.61 Å². The summed E-state index contributed by atoms with van der Waals surface area (Å²) in [6, 6.07) is 0. The van der Waals surface area contributed by atoms with E-state index in [9.17, 15) is 9.59 Å². The van der Waals surface area contributed by atoms with E-state index in [1.165, 1.54) is 57.8 Å². The fourth-order valence-electron chi connectivity index (χ4n) is 2.61. The first-order valence-electron chi connectivity index (χ1n) is 9.79. The summed E-state index contributed by atoms with van der Waals surface area (Å²) in [6.45, 7) is 1.62. The van der Waals surface area contributed by atoms with Gasteiger partial charge in [0.15, 0.2) is 0 Å². The molecular weight excluding hydrogens is 302 g/mol. The van der Waals surface area contributed by atoms with Gasteiger partial charge in [-0.05, 0) is 32.1 Å². The highest BCUT2D eigenvalue weighted by atomic mass is 16.3. The predicted octanol–water partition coefficient (Wildman–Crippen LogP) is 4.66. The van der Waals surface area contributed by atoms with Crippen molar-refractivity contribution in [3.63, 3.8) is 0 Å². The molecular formula is C20H37NO3. The minimum Gasteiger partial charge on any atom is -0.387 e. The van der Waals surface area contributed by atoms with E-state index < -0.39 is 12.5 Å². The molecule has 4 heteroatoms. The lowest BCUT2D eigenvalue weighted by atomic mass is 10.1. The number of allylic oxidation sites excluding steroid dienone is 2. The summed E-state index contributed by atoms with van der Waals surface area (Å²) in [5.74, 6) is -0.903. The van der Waals surface area contributed by atoms with Crippen LogP contribution in [-0.2, 0) is 9.59 Å². The van der Waals surface area contributed by atoms with Crippen LogP contribution < -0.4 is 5.32 Å². The molecule has 0 aliphatic heterocycles. The Hall–Kier alpha value is -1.16. The Kier molecular flexibility index (Phi) is 17.3. The van der Waals surface area contributed by atoms with E-state index in [1.54, 1.807) is 0 Å². The number of aliphatic hydroxyl groups is 1. The summed E-state index contributed by atoms with van der Waals surface area (Å²) in [5, 5.41) is 10.7. The van der Waals surface area contributed by atoms with Gasteiger partial charge in [0.25, 0.3) is 5.91 Å². The first-order chi connectivity index (χ1) is 11.7. The number of hydrogen-bond donors (Lipinski definition) is 2. The van der Waals surface area contributed by atoms with Crippen molar-refractivity contribution in [3.05, 3.63) is 12.2 Å². The molecule has 0 spiro atoms. The molecule has 0 saturated carbocycles. The molecule has 0 rings (SSSR count). The van der Waals surface area contributed by atoms with Crippen LogP contribution in [-0.4, -0.2) is 23.5 Å². The third-order valence-electron chi connectivity index (χ3n) is 4.09. The molecule has 140 valence electrons. The number of unbranched alkanes of at least 4 members (excludes halogenated alkanes) is 11. The SMILES string of the molecule is CCCCCCCC/C=C/CCCCCCCC(=O)NC(=O)CO. The third-order valence-corrected chi connectivity index (χ3v) is 4.09. The van der Waals surface area contributed by atoms with Crippen molar-refractivity contribution in [1.82, 2.24) is 5.32 Å². The van der Waals surface area contributed by atoms with Gasteiger partial charge in [0.05, 0.1) is 0 Å². The molecule has 0 heterocycles. The Labute approximate surface area is 148 Å². The maximum atomic E-state index is 11.3. The second-order valence-electron chi connectivity index (χ2n) is 6.46. The van der Waals surface area contributed by atoms with Gasteiger partial charge in [-0.15, -0.1) is 0 Å². The molecule has 0 atom stereocenters. The summed E-state index contributed by atoms with van der Waals surface area (Å²) >= 11 is 0. The number of imide groups is 1. The lowest BCUT2D eigenvalue weighted by Gasteiger charge is -2.02. The second kappa shape index (κ2) is 18.2. The van der Waals surface area contributed by atoms with Gasteiger partial charge in [0.1, 0.15) is 6.61 Å². The van der Waals surface area contributed by atoms with Crippen LogP contribution in [0, 0.1) is 0 Å². The van der Waals surface area contributed by atoms with Gasteiger partial charge in [0.2, 0.25) is 5.91 Å². The minimum atomic E-state index is -0.627. The smallest absolute Gasteiger partial charge is 0.252 e. The summed E-state index contributed by atoms with van der Waals surface area (Å²) < 4.78 is 0. The Balaban J connectivity index is 3.23. The van der Waals surface area contributed by atoms with Crippen molar-refractivity contribution in [2.24, 2.45) is 0 Å². The van der Waals surface area contributed by atoms with Gasteiger partial charge in [-0.1, -0.05) is 70.4 Å². The molecule has 0 radical (unpaired) electrons. The largest absolute Gasteiger partial charge is 0.387 e. The number of hydrogen-bond acceptors (Lipinski definition) is 3.